The van der Waals surface area contributed by atoms with Gasteiger partial charge in [-0.15, -0.1) is 0 Å². The van der Waals surface area contributed by atoms with Crippen LogP contribution in [0.2, 0.25) is 0 Å². The van der Waals surface area contributed by atoms with E-state index in [0.717, 1.165) is 6.42 Å². The maximum absolute atomic E-state index is 11.6. The number of amides is 1. The Balaban J connectivity index is 2.43. The Labute approximate surface area is 109 Å². The van der Waals surface area contributed by atoms with E-state index in [1.54, 1.807) is 0 Å². The third-order valence-corrected chi connectivity index (χ3v) is 3.11. The van der Waals surface area contributed by atoms with Crippen LogP contribution in [0, 0.1) is 0 Å². The first kappa shape index (κ1) is 14.7. The lowest BCUT2D eigenvalue weighted by Gasteiger charge is -2.12. The van der Waals surface area contributed by atoms with Crippen LogP contribution in [0.1, 0.15) is 43.7 Å². The highest BCUT2D eigenvalue weighted by molar-refractivity contribution is 5.76. The van der Waals surface area contributed by atoms with E-state index in [4.69, 9.17) is 5.11 Å². The third-order valence-electron chi connectivity index (χ3n) is 3.11. The van der Waals surface area contributed by atoms with E-state index in [2.05, 4.69) is 43.4 Å². The number of carbonyl (C=O) groups is 1. The second-order valence-electron chi connectivity index (χ2n) is 4.63. The van der Waals surface area contributed by atoms with Crippen molar-refractivity contribution in [2.45, 2.75) is 39.0 Å². The normalized spacial score (nSPS) is 12.2. The molecule has 1 atom stereocenters. The first-order valence-corrected chi connectivity index (χ1v) is 6.63. The van der Waals surface area contributed by atoms with Gasteiger partial charge in [0, 0.05) is 19.6 Å². The maximum atomic E-state index is 11.6. The lowest BCUT2D eigenvalue weighted by atomic mass is 9.96. The Bertz CT molecular complexity index is 359. The lowest BCUT2D eigenvalue weighted by Crippen LogP contribution is -2.26. The molecule has 0 heterocycles. The van der Waals surface area contributed by atoms with Crippen molar-refractivity contribution >= 4 is 5.91 Å². The fourth-order valence-corrected chi connectivity index (χ4v) is 1.86. The summed E-state index contributed by atoms with van der Waals surface area (Å²) in [6, 6.07) is 8.44. The second kappa shape index (κ2) is 7.88. The minimum absolute atomic E-state index is 0.0514. The van der Waals surface area contributed by atoms with Gasteiger partial charge >= 0.3 is 0 Å². The number of carbonyl (C=O) groups excluding carboxylic acids is 1. The van der Waals surface area contributed by atoms with E-state index < -0.39 is 0 Å². The van der Waals surface area contributed by atoms with Gasteiger partial charge < -0.3 is 10.4 Å². The summed E-state index contributed by atoms with van der Waals surface area (Å²) >= 11 is 0. The Morgan fingerprint density at radius 2 is 2.00 bits per heavy atom. The van der Waals surface area contributed by atoms with Gasteiger partial charge in [-0.25, -0.2) is 0 Å². The predicted molar refractivity (Wildman–Crippen MR) is 73.6 cm³/mol. The first-order valence-electron chi connectivity index (χ1n) is 6.63. The molecular weight excluding hydrogens is 226 g/mol. The molecule has 0 aromatic heterocycles. The fourth-order valence-electron chi connectivity index (χ4n) is 1.86. The SMILES string of the molecule is CCc1ccc(C(C)CC(=O)NCCCO)cc1. The van der Waals surface area contributed by atoms with Gasteiger partial charge in [0.1, 0.15) is 0 Å². The van der Waals surface area contributed by atoms with E-state index in [1.165, 1.54) is 11.1 Å². The molecule has 0 fully saturated rings. The molecule has 0 saturated carbocycles. The molecule has 0 aliphatic rings. The molecule has 3 nitrogen and oxygen atoms in total. The van der Waals surface area contributed by atoms with Crippen LogP contribution in [0.5, 0.6) is 0 Å². The molecule has 0 aliphatic carbocycles. The molecular formula is C15H23NO2. The second-order valence-corrected chi connectivity index (χ2v) is 4.63. The van der Waals surface area contributed by atoms with E-state index in [1.807, 2.05) is 0 Å². The summed E-state index contributed by atoms with van der Waals surface area (Å²) in [5.74, 6) is 0.278. The zero-order valence-corrected chi connectivity index (χ0v) is 11.3. The van der Waals surface area contributed by atoms with Crippen molar-refractivity contribution in [3.8, 4) is 0 Å². The van der Waals surface area contributed by atoms with Crippen molar-refractivity contribution < 1.29 is 9.90 Å². The van der Waals surface area contributed by atoms with Crippen molar-refractivity contribution in [2.24, 2.45) is 0 Å². The number of aryl methyl sites for hydroxylation is 1. The molecule has 1 amide bonds. The summed E-state index contributed by atoms with van der Waals surface area (Å²) in [5, 5.41) is 11.4. The first-order chi connectivity index (χ1) is 8.67. The minimum Gasteiger partial charge on any atom is -0.396 e. The Kier molecular flexibility index (Phi) is 6.44. The number of hydrogen-bond acceptors (Lipinski definition) is 2. The lowest BCUT2D eigenvalue weighted by molar-refractivity contribution is -0.121. The smallest absolute Gasteiger partial charge is 0.220 e. The number of aliphatic hydroxyl groups excluding tert-OH is 1. The van der Waals surface area contributed by atoms with E-state index >= 15 is 0 Å². The molecule has 18 heavy (non-hydrogen) atoms. The Morgan fingerprint density at radius 1 is 1.33 bits per heavy atom. The summed E-state index contributed by atoms with van der Waals surface area (Å²) < 4.78 is 0. The molecule has 0 saturated heterocycles. The van der Waals surface area contributed by atoms with Gasteiger partial charge in [0.25, 0.3) is 0 Å². The highest BCUT2D eigenvalue weighted by atomic mass is 16.3. The predicted octanol–water partition coefficient (Wildman–Crippen LogP) is 2.24. The zero-order valence-electron chi connectivity index (χ0n) is 11.3. The number of benzene rings is 1. The van der Waals surface area contributed by atoms with Crippen LogP contribution in [-0.2, 0) is 11.2 Å². The molecule has 0 radical (unpaired) electrons. The monoisotopic (exact) mass is 249 g/mol. The molecule has 1 unspecified atom stereocenters. The minimum atomic E-state index is 0.0514. The Morgan fingerprint density at radius 3 is 2.56 bits per heavy atom. The maximum Gasteiger partial charge on any atom is 0.220 e. The van der Waals surface area contributed by atoms with Gasteiger partial charge in [0.05, 0.1) is 0 Å². The average molecular weight is 249 g/mol. The molecule has 1 aromatic rings. The summed E-state index contributed by atoms with van der Waals surface area (Å²) in [5.41, 5.74) is 2.52. The van der Waals surface area contributed by atoms with E-state index in [0.29, 0.717) is 19.4 Å². The molecule has 0 spiro atoms. The molecule has 100 valence electrons. The van der Waals surface area contributed by atoms with Gasteiger partial charge in [-0.2, -0.15) is 0 Å². The van der Waals surface area contributed by atoms with Gasteiger partial charge in [-0.3, -0.25) is 4.79 Å². The van der Waals surface area contributed by atoms with Crippen molar-refractivity contribution in [1.82, 2.24) is 5.32 Å². The summed E-state index contributed by atoms with van der Waals surface area (Å²) in [6.45, 7) is 4.87. The van der Waals surface area contributed by atoms with Crippen LogP contribution >= 0.6 is 0 Å². The van der Waals surface area contributed by atoms with Crippen LogP contribution in [0.25, 0.3) is 0 Å². The summed E-state index contributed by atoms with van der Waals surface area (Å²) in [4.78, 5) is 11.6. The summed E-state index contributed by atoms with van der Waals surface area (Å²) in [7, 11) is 0. The average Bonchev–Trinajstić information content (AvgIpc) is 2.39. The number of rotatable bonds is 7. The Hall–Kier alpha value is -1.35. The van der Waals surface area contributed by atoms with Gasteiger partial charge in [0.2, 0.25) is 5.91 Å². The van der Waals surface area contributed by atoms with Crippen LogP contribution < -0.4 is 5.32 Å². The molecule has 0 aliphatic heterocycles. The highest BCUT2D eigenvalue weighted by Gasteiger charge is 2.10. The summed E-state index contributed by atoms with van der Waals surface area (Å²) in [6.07, 6.45) is 2.15. The van der Waals surface area contributed by atoms with Gasteiger partial charge in [-0.05, 0) is 29.9 Å². The molecule has 1 aromatic carbocycles. The number of hydrogen-bond donors (Lipinski definition) is 2. The molecule has 3 heteroatoms. The molecule has 1 rings (SSSR count). The zero-order chi connectivity index (χ0) is 13.4. The van der Waals surface area contributed by atoms with E-state index in [9.17, 15) is 4.79 Å². The number of aliphatic hydroxyl groups is 1. The van der Waals surface area contributed by atoms with Crippen LogP contribution in [0.4, 0.5) is 0 Å². The highest BCUT2D eigenvalue weighted by Crippen LogP contribution is 2.19. The fraction of sp³-hybridized carbons (Fsp3) is 0.533. The van der Waals surface area contributed by atoms with E-state index in [-0.39, 0.29) is 18.4 Å². The van der Waals surface area contributed by atoms with Crippen LogP contribution in [-0.4, -0.2) is 24.2 Å². The third kappa shape index (κ3) is 4.88. The van der Waals surface area contributed by atoms with Crippen molar-refractivity contribution in [3.05, 3.63) is 35.4 Å². The van der Waals surface area contributed by atoms with Crippen LogP contribution in [0.15, 0.2) is 24.3 Å². The van der Waals surface area contributed by atoms with Crippen molar-refractivity contribution in [3.63, 3.8) is 0 Å². The topological polar surface area (TPSA) is 49.3 Å². The molecule has 0 bridgehead atoms. The number of nitrogens with one attached hydrogen (secondary N) is 1. The van der Waals surface area contributed by atoms with Crippen molar-refractivity contribution in [2.75, 3.05) is 13.2 Å². The van der Waals surface area contributed by atoms with Gasteiger partial charge in [0.15, 0.2) is 0 Å². The quantitative estimate of drug-likeness (QED) is 0.728. The molecule has 2 N–H and O–H groups in total. The largest absolute Gasteiger partial charge is 0.396 e. The standard InChI is InChI=1S/C15H23NO2/c1-3-13-5-7-14(8-6-13)12(2)11-15(18)16-9-4-10-17/h5-8,12,17H,3-4,9-11H2,1-2H3,(H,16,18). The van der Waals surface area contributed by atoms with Gasteiger partial charge in [-0.1, -0.05) is 38.1 Å². The van der Waals surface area contributed by atoms with Crippen LogP contribution in [0.3, 0.4) is 0 Å². The van der Waals surface area contributed by atoms with Crippen molar-refractivity contribution in [1.29, 1.82) is 0 Å².